The number of aromatic nitrogens is 1. The van der Waals surface area contributed by atoms with Crippen molar-refractivity contribution in [3.05, 3.63) is 101 Å². The molecule has 2 aromatic carbocycles. The molecular formula is C28H24BrFN4O3S. The van der Waals surface area contributed by atoms with Gasteiger partial charge in [0.25, 0.3) is 0 Å². The zero-order chi connectivity index (χ0) is 26.6. The number of nitrogens with one attached hydrogen (secondary N) is 2. The van der Waals surface area contributed by atoms with Crippen molar-refractivity contribution in [3.63, 3.8) is 0 Å². The SMILES string of the molecule is COc1ccccc1NC(=O)CCN1C(=S)N[C@@H](c2ccccn2)[C@@H]1c1ccc(-c2ccc(Br)cc2F)o1. The van der Waals surface area contributed by atoms with E-state index < -0.39 is 11.9 Å². The first-order valence-corrected chi connectivity index (χ1v) is 13.1. The maximum absolute atomic E-state index is 14.6. The molecule has 7 nitrogen and oxygen atoms in total. The lowest BCUT2D eigenvalue weighted by molar-refractivity contribution is -0.116. The molecule has 0 spiro atoms. The van der Waals surface area contributed by atoms with Gasteiger partial charge in [-0.2, -0.15) is 0 Å². The molecule has 1 aliphatic heterocycles. The molecule has 0 bridgehead atoms. The first kappa shape index (κ1) is 25.9. The van der Waals surface area contributed by atoms with Gasteiger partial charge in [-0.25, -0.2) is 4.39 Å². The quantitative estimate of drug-likeness (QED) is 0.233. The van der Waals surface area contributed by atoms with Crippen LogP contribution in [0.4, 0.5) is 10.1 Å². The highest BCUT2D eigenvalue weighted by Crippen LogP contribution is 2.41. The molecule has 1 aliphatic rings. The third-order valence-corrected chi connectivity index (χ3v) is 7.12. The van der Waals surface area contributed by atoms with Gasteiger partial charge in [-0.05, 0) is 66.8 Å². The van der Waals surface area contributed by atoms with Crippen LogP contribution in [0.1, 0.15) is 30.0 Å². The molecule has 2 N–H and O–H groups in total. The summed E-state index contributed by atoms with van der Waals surface area (Å²) < 4.78 is 26.8. The highest BCUT2D eigenvalue weighted by molar-refractivity contribution is 9.10. The number of carbonyl (C=O) groups is 1. The lowest BCUT2D eigenvalue weighted by Crippen LogP contribution is -2.32. The molecule has 1 fully saturated rings. The molecule has 38 heavy (non-hydrogen) atoms. The number of thiocarbonyl (C=S) groups is 1. The fourth-order valence-electron chi connectivity index (χ4n) is 4.48. The Morgan fingerprint density at radius 3 is 2.76 bits per heavy atom. The molecule has 4 aromatic rings. The molecule has 2 aromatic heterocycles. The summed E-state index contributed by atoms with van der Waals surface area (Å²) in [4.78, 5) is 19.3. The van der Waals surface area contributed by atoms with E-state index in [1.165, 1.54) is 6.07 Å². The van der Waals surface area contributed by atoms with Crippen molar-refractivity contribution in [2.45, 2.75) is 18.5 Å². The minimum atomic E-state index is -0.399. The van der Waals surface area contributed by atoms with Gasteiger partial charge in [0.1, 0.15) is 29.1 Å². The first-order chi connectivity index (χ1) is 18.4. The second-order valence-electron chi connectivity index (χ2n) is 8.64. The molecule has 5 rings (SSSR count). The van der Waals surface area contributed by atoms with Crippen molar-refractivity contribution in [2.24, 2.45) is 0 Å². The average molecular weight is 595 g/mol. The van der Waals surface area contributed by atoms with E-state index in [-0.39, 0.29) is 18.4 Å². The number of hydrogen-bond acceptors (Lipinski definition) is 5. The monoisotopic (exact) mass is 594 g/mol. The number of nitrogens with zero attached hydrogens (tertiary/aromatic N) is 2. The number of ether oxygens (including phenoxy) is 1. The van der Waals surface area contributed by atoms with Crippen LogP contribution in [0.5, 0.6) is 5.75 Å². The number of anilines is 1. The zero-order valence-electron chi connectivity index (χ0n) is 20.4. The summed E-state index contributed by atoms with van der Waals surface area (Å²) >= 11 is 8.97. The third-order valence-electron chi connectivity index (χ3n) is 6.27. The van der Waals surface area contributed by atoms with Crippen molar-refractivity contribution >= 4 is 44.9 Å². The van der Waals surface area contributed by atoms with E-state index in [4.69, 9.17) is 21.4 Å². The summed E-state index contributed by atoms with van der Waals surface area (Å²) in [6, 6.07) is 20.5. The Morgan fingerprint density at radius 2 is 2.00 bits per heavy atom. The van der Waals surface area contributed by atoms with E-state index in [2.05, 4.69) is 31.5 Å². The van der Waals surface area contributed by atoms with Crippen LogP contribution in [0.25, 0.3) is 11.3 Å². The zero-order valence-corrected chi connectivity index (χ0v) is 22.8. The predicted molar refractivity (Wildman–Crippen MR) is 150 cm³/mol. The van der Waals surface area contributed by atoms with Gasteiger partial charge in [0.15, 0.2) is 5.11 Å². The van der Waals surface area contributed by atoms with Crippen LogP contribution < -0.4 is 15.4 Å². The van der Waals surface area contributed by atoms with Gasteiger partial charge in [-0.3, -0.25) is 9.78 Å². The average Bonchev–Trinajstić information content (AvgIpc) is 3.52. The van der Waals surface area contributed by atoms with Gasteiger partial charge >= 0.3 is 0 Å². The molecule has 0 aliphatic carbocycles. The lowest BCUT2D eigenvalue weighted by Gasteiger charge is -2.26. The Bertz CT molecular complexity index is 1470. The maximum Gasteiger partial charge on any atom is 0.226 e. The Morgan fingerprint density at radius 1 is 1.18 bits per heavy atom. The fourth-order valence-corrected chi connectivity index (χ4v) is 5.15. The van der Waals surface area contributed by atoms with Gasteiger partial charge < -0.3 is 24.7 Å². The molecule has 2 atom stereocenters. The van der Waals surface area contributed by atoms with E-state index in [1.807, 2.05) is 41.3 Å². The van der Waals surface area contributed by atoms with Crippen LogP contribution in [-0.4, -0.2) is 34.6 Å². The summed E-state index contributed by atoms with van der Waals surface area (Å²) in [7, 11) is 1.56. The van der Waals surface area contributed by atoms with Crippen molar-refractivity contribution in [3.8, 4) is 17.1 Å². The fraction of sp³-hybridized carbons (Fsp3) is 0.179. The Balaban J connectivity index is 1.41. The van der Waals surface area contributed by atoms with Crippen LogP contribution >= 0.6 is 28.1 Å². The number of pyridine rings is 1. The first-order valence-electron chi connectivity index (χ1n) is 11.9. The molecule has 0 saturated carbocycles. The van der Waals surface area contributed by atoms with E-state index in [0.717, 1.165) is 5.69 Å². The molecule has 194 valence electrons. The van der Waals surface area contributed by atoms with Crippen molar-refractivity contribution < 1.29 is 18.3 Å². The molecule has 3 heterocycles. The number of benzene rings is 2. The standard InChI is InChI=1S/C28H24BrFN4O3S/c1-36-23-8-3-2-6-20(23)32-25(35)13-15-34-27(26(33-28(34)38)21-7-4-5-14-31-21)24-12-11-22(37-24)18-10-9-17(29)16-19(18)30/h2-12,14,16,26-27H,13,15H2,1H3,(H,32,35)(H,33,38)/t26-,27-/m0/s1. The second-order valence-corrected chi connectivity index (χ2v) is 9.95. The second kappa shape index (κ2) is 11.3. The minimum Gasteiger partial charge on any atom is -0.495 e. The highest BCUT2D eigenvalue weighted by Gasteiger charge is 2.41. The highest BCUT2D eigenvalue weighted by atomic mass is 79.9. The van der Waals surface area contributed by atoms with Crippen LogP contribution in [0.15, 0.2) is 87.9 Å². The summed E-state index contributed by atoms with van der Waals surface area (Å²) in [5.74, 6) is 0.975. The van der Waals surface area contributed by atoms with E-state index in [1.54, 1.807) is 43.6 Å². The summed E-state index contributed by atoms with van der Waals surface area (Å²) in [6.07, 6.45) is 1.88. The molecule has 0 radical (unpaired) electrons. The number of carbonyl (C=O) groups excluding carboxylic acids is 1. The number of para-hydroxylation sites is 2. The lowest BCUT2D eigenvalue weighted by atomic mass is 10.0. The third kappa shape index (κ3) is 5.41. The van der Waals surface area contributed by atoms with Gasteiger partial charge in [0, 0.05) is 23.6 Å². The smallest absolute Gasteiger partial charge is 0.226 e. The van der Waals surface area contributed by atoms with Gasteiger partial charge in [0.05, 0.1) is 30.1 Å². The number of rotatable bonds is 8. The number of hydrogen-bond donors (Lipinski definition) is 2. The number of furan rings is 1. The minimum absolute atomic E-state index is 0.167. The van der Waals surface area contributed by atoms with Crippen LogP contribution in [-0.2, 0) is 4.79 Å². The van der Waals surface area contributed by atoms with Gasteiger partial charge in [-0.1, -0.05) is 34.1 Å². The largest absolute Gasteiger partial charge is 0.495 e. The Kier molecular flexibility index (Phi) is 7.71. The Labute approximate surface area is 233 Å². The van der Waals surface area contributed by atoms with Crippen LogP contribution in [0, 0.1) is 5.82 Å². The van der Waals surface area contributed by atoms with Gasteiger partial charge in [-0.15, -0.1) is 0 Å². The summed E-state index contributed by atoms with van der Waals surface area (Å²) in [5, 5.41) is 6.71. The summed E-state index contributed by atoms with van der Waals surface area (Å²) in [5.41, 5.74) is 1.72. The normalized spacial score (nSPS) is 16.8. The van der Waals surface area contributed by atoms with Crippen molar-refractivity contribution in [2.75, 3.05) is 19.0 Å². The van der Waals surface area contributed by atoms with Crippen molar-refractivity contribution in [1.29, 1.82) is 0 Å². The summed E-state index contributed by atoms with van der Waals surface area (Å²) in [6.45, 7) is 0.323. The topological polar surface area (TPSA) is 79.6 Å². The molecule has 10 heteroatoms. The predicted octanol–water partition coefficient (Wildman–Crippen LogP) is 6.25. The number of halogens is 2. The maximum atomic E-state index is 14.6. The van der Waals surface area contributed by atoms with E-state index in [9.17, 15) is 9.18 Å². The molecule has 1 saturated heterocycles. The van der Waals surface area contributed by atoms with E-state index in [0.29, 0.717) is 44.7 Å². The van der Waals surface area contributed by atoms with Crippen LogP contribution in [0.3, 0.4) is 0 Å². The molecule has 1 amide bonds. The van der Waals surface area contributed by atoms with Gasteiger partial charge in [0.2, 0.25) is 5.91 Å². The Hall–Kier alpha value is -3.76. The van der Waals surface area contributed by atoms with Crippen LogP contribution in [0.2, 0.25) is 0 Å². The van der Waals surface area contributed by atoms with E-state index >= 15 is 0 Å². The number of methoxy groups -OCH3 is 1. The van der Waals surface area contributed by atoms with Crippen molar-refractivity contribution in [1.82, 2.24) is 15.2 Å². The number of amides is 1. The molecular weight excluding hydrogens is 571 g/mol. The molecule has 0 unspecified atom stereocenters.